The number of benzene rings is 1. The van der Waals surface area contributed by atoms with Crippen LogP contribution in [0.1, 0.15) is 55.8 Å². The number of hydrogen-bond acceptors (Lipinski definition) is 4. The van der Waals surface area contributed by atoms with Crippen molar-refractivity contribution in [3.8, 4) is 5.75 Å². The van der Waals surface area contributed by atoms with E-state index in [-0.39, 0.29) is 22.9 Å². The van der Waals surface area contributed by atoms with E-state index in [1.54, 1.807) is 12.1 Å². The van der Waals surface area contributed by atoms with Gasteiger partial charge in [-0.2, -0.15) is 0 Å². The molecule has 0 aliphatic heterocycles. The minimum absolute atomic E-state index is 0.0637. The molecule has 1 heterocycles. The number of nitrogens with one attached hydrogen (secondary N) is 1. The van der Waals surface area contributed by atoms with Gasteiger partial charge in [0, 0.05) is 11.4 Å². The Morgan fingerprint density at radius 2 is 1.82 bits per heavy atom. The highest BCUT2D eigenvalue weighted by Crippen LogP contribution is 2.61. The third-order valence-corrected chi connectivity index (χ3v) is 7.54. The molecule has 1 N–H and O–H groups in total. The average molecular weight is 381 g/mol. The van der Waals surface area contributed by atoms with Gasteiger partial charge in [0.1, 0.15) is 5.56 Å². The molecule has 4 aliphatic carbocycles. The number of fused-ring (bicyclic) bond motifs is 1. The summed E-state index contributed by atoms with van der Waals surface area (Å²) in [5.41, 5.74) is 0.0234. The van der Waals surface area contributed by atoms with Crippen LogP contribution >= 0.6 is 0 Å². The summed E-state index contributed by atoms with van der Waals surface area (Å²) in [5, 5.41) is 3.84. The second kappa shape index (κ2) is 6.36. The van der Waals surface area contributed by atoms with Crippen LogP contribution in [0.5, 0.6) is 5.75 Å². The fourth-order valence-corrected chi connectivity index (χ4v) is 6.57. The maximum Gasteiger partial charge on any atom is 0.349 e. The number of carbonyl (C=O) groups excluding carboxylic acids is 1. The third-order valence-electron chi connectivity index (χ3n) is 7.54. The molecule has 4 aliphatic rings. The SMILES string of the molecule is COc1cccc2cc(C(=O)N[C@H](C)C34CC5CC(CC(C5)C3)C4)c(=O)oc12. The third kappa shape index (κ3) is 2.75. The number of carbonyl (C=O) groups is 1. The van der Waals surface area contributed by atoms with Gasteiger partial charge in [0.2, 0.25) is 0 Å². The van der Waals surface area contributed by atoms with E-state index in [1.807, 2.05) is 12.1 Å². The number of hydrogen-bond donors (Lipinski definition) is 1. The van der Waals surface area contributed by atoms with Gasteiger partial charge in [0.25, 0.3) is 5.91 Å². The van der Waals surface area contributed by atoms with E-state index < -0.39 is 5.63 Å². The highest BCUT2D eigenvalue weighted by atomic mass is 16.5. The van der Waals surface area contributed by atoms with Crippen LogP contribution in [0.25, 0.3) is 11.0 Å². The molecule has 0 radical (unpaired) electrons. The lowest BCUT2D eigenvalue weighted by Gasteiger charge is -2.59. The van der Waals surface area contributed by atoms with Crippen molar-refractivity contribution in [2.75, 3.05) is 7.11 Å². The number of ether oxygens (including phenoxy) is 1. The van der Waals surface area contributed by atoms with Gasteiger partial charge in [-0.25, -0.2) is 4.79 Å². The van der Waals surface area contributed by atoms with E-state index >= 15 is 0 Å². The Morgan fingerprint density at radius 1 is 1.18 bits per heavy atom. The van der Waals surface area contributed by atoms with Crippen molar-refractivity contribution >= 4 is 16.9 Å². The van der Waals surface area contributed by atoms with E-state index in [2.05, 4.69) is 12.2 Å². The first-order chi connectivity index (χ1) is 13.5. The Bertz CT molecular complexity index is 956. The van der Waals surface area contributed by atoms with Crippen LogP contribution in [0.3, 0.4) is 0 Å². The maximum absolute atomic E-state index is 13.0. The second-order valence-electron chi connectivity index (χ2n) is 9.30. The van der Waals surface area contributed by atoms with Crippen LogP contribution in [0, 0.1) is 23.2 Å². The van der Waals surface area contributed by atoms with Crippen LogP contribution in [-0.4, -0.2) is 19.1 Å². The molecule has 0 saturated heterocycles. The molecule has 1 aromatic heterocycles. The second-order valence-corrected chi connectivity index (χ2v) is 9.30. The molecule has 4 fully saturated rings. The van der Waals surface area contributed by atoms with Gasteiger partial charge in [-0.15, -0.1) is 0 Å². The Labute approximate surface area is 164 Å². The Morgan fingerprint density at radius 3 is 2.43 bits per heavy atom. The predicted octanol–water partition coefficient (Wildman–Crippen LogP) is 4.14. The van der Waals surface area contributed by atoms with Gasteiger partial charge in [-0.1, -0.05) is 12.1 Å². The monoisotopic (exact) mass is 381 g/mol. The zero-order valence-electron chi connectivity index (χ0n) is 16.5. The Balaban J connectivity index is 1.41. The van der Waals surface area contributed by atoms with Gasteiger partial charge in [-0.3, -0.25) is 4.79 Å². The molecule has 6 rings (SSSR count). The standard InChI is InChI=1S/C23H27NO4/c1-13(23-10-14-6-15(11-23)8-16(7-14)12-23)24-21(25)18-9-17-4-3-5-19(27-2)20(17)28-22(18)26/h3-5,9,13-16H,6-8,10-12H2,1-2H3,(H,24,25)/t13-,14?,15?,16?,23?/m1/s1. The van der Waals surface area contributed by atoms with Crippen molar-refractivity contribution < 1.29 is 13.9 Å². The molecule has 148 valence electrons. The number of rotatable bonds is 4. The highest BCUT2D eigenvalue weighted by Gasteiger charge is 2.53. The van der Waals surface area contributed by atoms with Gasteiger partial charge < -0.3 is 14.5 Å². The molecule has 1 aromatic carbocycles. The molecule has 2 aromatic rings. The van der Waals surface area contributed by atoms with Crippen molar-refractivity contribution in [2.45, 2.75) is 51.5 Å². The summed E-state index contributed by atoms with van der Waals surface area (Å²) in [4.78, 5) is 25.5. The molecule has 5 heteroatoms. The molecule has 28 heavy (non-hydrogen) atoms. The van der Waals surface area contributed by atoms with Gasteiger partial charge in [-0.05, 0) is 80.8 Å². The zero-order valence-corrected chi connectivity index (χ0v) is 16.5. The Hall–Kier alpha value is -2.30. The van der Waals surface area contributed by atoms with Crippen LogP contribution < -0.4 is 15.7 Å². The molecular formula is C23H27NO4. The van der Waals surface area contributed by atoms with Crippen LogP contribution in [0.2, 0.25) is 0 Å². The molecule has 0 unspecified atom stereocenters. The molecule has 1 atom stereocenters. The maximum atomic E-state index is 13.0. The summed E-state index contributed by atoms with van der Waals surface area (Å²) in [6.45, 7) is 2.12. The van der Waals surface area contributed by atoms with Crippen molar-refractivity contribution in [1.29, 1.82) is 0 Å². The lowest BCUT2D eigenvalue weighted by molar-refractivity contribution is -0.0688. The fourth-order valence-electron chi connectivity index (χ4n) is 6.57. The van der Waals surface area contributed by atoms with Crippen LogP contribution in [0.4, 0.5) is 0 Å². The van der Waals surface area contributed by atoms with Gasteiger partial charge in [0.15, 0.2) is 11.3 Å². The van der Waals surface area contributed by atoms with Crippen molar-refractivity contribution in [2.24, 2.45) is 23.2 Å². The van der Waals surface area contributed by atoms with E-state index in [9.17, 15) is 9.59 Å². The van der Waals surface area contributed by atoms with Gasteiger partial charge >= 0.3 is 5.63 Å². The first-order valence-corrected chi connectivity index (χ1v) is 10.4. The summed E-state index contributed by atoms with van der Waals surface area (Å²) >= 11 is 0. The van der Waals surface area contributed by atoms with Crippen molar-refractivity contribution in [3.63, 3.8) is 0 Å². The normalized spacial score (nSPS) is 31.7. The average Bonchev–Trinajstić information content (AvgIpc) is 2.65. The number of methoxy groups -OCH3 is 1. The van der Waals surface area contributed by atoms with Crippen molar-refractivity contribution in [1.82, 2.24) is 5.32 Å². The summed E-state index contributed by atoms with van der Waals surface area (Å²) < 4.78 is 10.7. The lowest BCUT2D eigenvalue weighted by atomic mass is 9.48. The summed E-state index contributed by atoms with van der Waals surface area (Å²) in [7, 11) is 1.53. The molecule has 0 spiro atoms. The van der Waals surface area contributed by atoms with E-state index in [0.29, 0.717) is 16.7 Å². The summed E-state index contributed by atoms with van der Waals surface area (Å²) in [6, 6.07) is 7.06. The lowest BCUT2D eigenvalue weighted by Crippen LogP contribution is -2.56. The summed E-state index contributed by atoms with van der Waals surface area (Å²) in [5.74, 6) is 2.63. The quantitative estimate of drug-likeness (QED) is 0.809. The fraction of sp³-hybridized carbons (Fsp3) is 0.565. The number of para-hydroxylation sites is 1. The first-order valence-electron chi connectivity index (χ1n) is 10.4. The van der Waals surface area contributed by atoms with E-state index in [0.717, 1.165) is 17.8 Å². The van der Waals surface area contributed by atoms with Crippen LogP contribution in [0.15, 0.2) is 33.5 Å². The molecule has 1 amide bonds. The zero-order chi connectivity index (χ0) is 19.5. The highest BCUT2D eigenvalue weighted by molar-refractivity contribution is 5.97. The van der Waals surface area contributed by atoms with E-state index in [4.69, 9.17) is 9.15 Å². The summed E-state index contributed by atoms with van der Waals surface area (Å²) in [6.07, 6.45) is 7.75. The van der Waals surface area contributed by atoms with Gasteiger partial charge in [0.05, 0.1) is 7.11 Å². The topological polar surface area (TPSA) is 68.5 Å². The smallest absolute Gasteiger partial charge is 0.349 e. The first kappa shape index (κ1) is 17.8. The van der Waals surface area contributed by atoms with Crippen LogP contribution in [-0.2, 0) is 0 Å². The molecule has 5 nitrogen and oxygen atoms in total. The minimum atomic E-state index is -0.618. The molecule has 4 saturated carbocycles. The molecule has 4 bridgehead atoms. The molecular weight excluding hydrogens is 354 g/mol. The largest absolute Gasteiger partial charge is 0.493 e. The Kier molecular flexibility index (Phi) is 4.04. The van der Waals surface area contributed by atoms with Crippen molar-refractivity contribution in [3.05, 3.63) is 40.2 Å². The minimum Gasteiger partial charge on any atom is -0.493 e. The van der Waals surface area contributed by atoms with E-state index in [1.165, 1.54) is 45.6 Å². The predicted molar refractivity (Wildman–Crippen MR) is 107 cm³/mol. The number of amides is 1.